The van der Waals surface area contributed by atoms with Crippen LogP contribution in [0.5, 0.6) is 5.75 Å². The number of phenols is 1. The van der Waals surface area contributed by atoms with Gasteiger partial charge in [0.15, 0.2) is 0 Å². The second-order valence-electron chi connectivity index (χ2n) is 5.03. The molecule has 1 heterocycles. The predicted octanol–water partition coefficient (Wildman–Crippen LogP) is 0.890. The van der Waals surface area contributed by atoms with Crippen LogP contribution in [0.15, 0.2) is 18.2 Å². The first-order valence-corrected chi connectivity index (χ1v) is 6.62. The third-order valence-electron chi connectivity index (χ3n) is 3.95. The van der Waals surface area contributed by atoms with Crippen molar-refractivity contribution >= 4 is 17.5 Å². The van der Waals surface area contributed by atoms with Gasteiger partial charge in [-0.1, -0.05) is 11.6 Å². The maximum Gasteiger partial charge on any atom is 0.255 e. The van der Waals surface area contributed by atoms with E-state index in [1.165, 1.54) is 18.2 Å². The molecule has 0 spiro atoms. The lowest BCUT2D eigenvalue weighted by molar-refractivity contribution is -0.0161. The van der Waals surface area contributed by atoms with Gasteiger partial charge in [0.25, 0.3) is 5.91 Å². The second kappa shape index (κ2) is 4.67. The number of fused-ring (bicyclic) bond motifs is 1. The van der Waals surface area contributed by atoms with Gasteiger partial charge in [0.05, 0.1) is 17.7 Å². The Morgan fingerprint density at radius 1 is 1.53 bits per heavy atom. The van der Waals surface area contributed by atoms with Crippen LogP contribution in [0.2, 0.25) is 5.02 Å². The number of aromatic hydroxyl groups is 1. The number of carbonyl (C=O) groups excluding carboxylic acids is 1. The topological polar surface area (TPSA) is 84.6 Å². The molecule has 1 saturated carbocycles. The van der Waals surface area contributed by atoms with Crippen molar-refractivity contribution in [3.05, 3.63) is 28.8 Å². The fourth-order valence-corrected chi connectivity index (χ4v) is 3.02. The van der Waals surface area contributed by atoms with E-state index in [9.17, 15) is 9.90 Å². The Balaban J connectivity index is 1.73. The van der Waals surface area contributed by atoms with Crippen molar-refractivity contribution in [2.75, 3.05) is 6.61 Å². The maximum absolute atomic E-state index is 12.1. The van der Waals surface area contributed by atoms with Crippen molar-refractivity contribution in [2.45, 2.75) is 24.6 Å². The van der Waals surface area contributed by atoms with Crippen LogP contribution in [0.4, 0.5) is 0 Å². The maximum atomic E-state index is 12.1. The Bertz CT molecular complexity index is 523. The minimum atomic E-state index is -0.380. The number of phenolic OH excluding ortho intramolecular Hbond substituents is 1. The standard InChI is InChI=1S/C13H15ClN2O3/c14-6-1-2-9(17)8(5-6)13(18)16-11-10(15)7-3-4-19-12(7)11/h1-2,5,7,10-12,17H,3-4,15H2,(H,16,18). The molecule has 1 saturated heterocycles. The summed E-state index contributed by atoms with van der Waals surface area (Å²) < 4.78 is 5.54. The fourth-order valence-electron chi connectivity index (χ4n) is 2.85. The highest BCUT2D eigenvalue weighted by molar-refractivity contribution is 6.31. The van der Waals surface area contributed by atoms with Gasteiger partial charge in [-0.2, -0.15) is 0 Å². The summed E-state index contributed by atoms with van der Waals surface area (Å²) in [6.45, 7) is 0.692. The van der Waals surface area contributed by atoms with Crippen molar-refractivity contribution in [3.63, 3.8) is 0 Å². The zero-order chi connectivity index (χ0) is 13.6. The van der Waals surface area contributed by atoms with Crippen molar-refractivity contribution in [1.82, 2.24) is 5.32 Å². The Labute approximate surface area is 115 Å². The summed E-state index contributed by atoms with van der Waals surface area (Å²) in [7, 11) is 0. The van der Waals surface area contributed by atoms with E-state index in [4.69, 9.17) is 22.1 Å². The SMILES string of the molecule is NC1C2CCOC2C1NC(=O)c1cc(Cl)ccc1O. The van der Waals surface area contributed by atoms with Crippen LogP contribution in [-0.4, -0.2) is 35.8 Å². The lowest BCUT2D eigenvalue weighted by Gasteiger charge is -2.45. The molecule has 19 heavy (non-hydrogen) atoms. The van der Waals surface area contributed by atoms with E-state index < -0.39 is 0 Å². The molecule has 1 aliphatic carbocycles. The van der Waals surface area contributed by atoms with E-state index in [-0.39, 0.29) is 35.4 Å². The monoisotopic (exact) mass is 282 g/mol. The molecule has 3 rings (SSSR count). The number of nitrogens with two attached hydrogens (primary N) is 1. The van der Waals surface area contributed by atoms with Gasteiger partial charge in [0.2, 0.25) is 0 Å². The van der Waals surface area contributed by atoms with Crippen molar-refractivity contribution in [1.29, 1.82) is 0 Å². The van der Waals surface area contributed by atoms with Crippen LogP contribution < -0.4 is 11.1 Å². The Hall–Kier alpha value is -1.30. The van der Waals surface area contributed by atoms with Gasteiger partial charge < -0.3 is 20.9 Å². The van der Waals surface area contributed by atoms with E-state index in [1.807, 2.05) is 0 Å². The van der Waals surface area contributed by atoms with Gasteiger partial charge in [-0.05, 0) is 24.6 Å². The van der Waals surface area contributed by atoms with Gasteiger partial charge in [-0.25, -0.2) is 0 Å². The summed E-state index contributed by atoms with van der Waals surface area (Å²) in [6, 6.07) is 4.07. The van der Waals surface area contributed by atoms with Crippen LogP contribution in [-0.2, 0) is 4.74 Å². The van der Waals surface area contributed by atoms with Crippen LogP contribution >= 0.6 is 11.6 Å². The highest BCUT2D eigenvalue weighted by atomic mass is 35.5. The minimum absolute atomic E-state index is 0.000257. The van der Waals surface area contributed by atoms with Gasteiger partial charge >= 0.3 is 0 Å². The van der Waals surface area contributed by atoms with Gasteiger partial charge in [-0.3, -0.25) is 4.79 Å². The van der Waals surface area contributed by atoms with Gasteiger partial charge in [0, 0.05) is 23.6 Å². The molecule has 2 fully saturated rings. The molecule has 5 nitrogen and oxygen atoms in total. The number of hydrogen-bond donors (Lipinski definition) is 3. The molecule has 102 valence electrons. The lowest BCUT2D eigenvalue weighted by Crippen LogP contribution is -2.68. The highest BCUT2D eigenvalue weighted by Crippen LogP contribution is 2.38. The number of nitrogens with one attached hydrogen (secondary N) is 1. The fraction of sp³-hybridized carbons (Fsp3) is 0.462. The van der Waals surface area contributed by atoms with Gasteiger partial charge in [0.1, 0.15) is 5.75 Å². The van der Waals surface area contributed by atoms with Crippen LogP contribution in [0.25, 0.3) is 0 Å². The normalized spacial score (nSPS) is 32.5. The summed E-state index contributed by atoms with van der Waals surface area (Å²) >= 11 is 5.82. The first kappa shape index (κ1) is 12.7. The number of carbonyl (C=O) groups is 1. The first-order chi connectivity index (χ1) is 9.08. The zero-order valence-electron chi connectivity index (χ0n) is 10.2. The van der Waals surface area contributed by atoms with Crippen LogP contribution in [0, 0.1) is 5.92 Å². The average Bonchev–Trinajstić information content (AvgIpc) is 2.83. The van der Waals surface area contributed by atoms with Crippen molar-refractivity contribution in [2.24, 2.45) is 11.7 Å². The Morgan fingerprint density at radius 2 is 2.32 bits per heavy atom. The average molecular weight is 283 g/mol. The zero-order valence-corrected chi connectivity index (χ0v) is 10.9. The predicted molar refractivity (Wildman–Crippen MR) is 70.2 cm³/mol. The summed E-state index contributed by atoms with van der Waals surface area (Å²) in [5.41, 5.74) is 6.17. The van der Waals surface area contributed by atoms with Crippen LogP contribution in [0.1, 0.15) is 16.8 Å². The molecule has 1 aromatic carbocycles. The number of ether oxygens (including phenoxy) is 1. The Morgan fingerprint density at radius 3 is 3.11 bits per heavy atom. The summed E-state index contributed by atoms with van der Waals surface area (Å²) in [4.78, 5) is 12.1. The minimum Gasteiger partial charge on any atom is -0.507 e. The molecule has 4 atom stereocenters. The molecule has 1 amide bonds. The second-order valence-corrected chi connectivity index (χ2v) is 5.46. The number of benzene rings is 1. The molecule has 1 aromatic rings. The molecule has 1 aliphatic heterocycles. The number of hydrogen-bond acceptors (Lipinski definition) is 4. The van der Waals surface area contributed by atoms with Crippen LogP contribution in [0.3, 0.4) is 0 Å². The number of rotatable bonds is 2. The number of amides is 1. The van der Waals surface area contributed by atoms with E-state index in [0.717, 1.165) is 6.42 Å². The van der Waals surface area contributed by atoms with Gasteiger partial charge in [-0.15, -0.1) is 0 Å². The van der Waals surface area contributed by atoms with Crippen molar-refractivity contribution in [3.8, 4) is 5.75 Å². The van der Waals surface area contributed by atoms with E-state index in [0.29, 0.717) is 17.5 Å². The quantitative estimate of drug-likeness (QED) is 0.752. The number of halogens is 1. The van der Waals surface area contributed by atoms with Crippen molar-refractivity contribution < 1.29 is 14.6 Å². The molecule has 4 N–H and O–H groups in total. The molecule has 6 heteroatoms. The molecule has 4 unspecified atom stereocenters. The van der Waals surface area contributed by atoms with E-state index in [1.54, 1.807) is 0 Å². The summed E-state index contributed by atoms with van der Waals surface area (Å²) in [5, 5.41) is 12.9. The molecule has 2 aliphatic rings. The van der Waals surface area contributed by atoms with E-state index in [2.05, 4.69) is 5.32 Å². The molecular formula is C13H15ClN2O3. The largest absolute Gasteiger partial charge is 0.507 e. The third-order valence-corrected chi connectivity index (χ3v) is 4.18. The summed E-state index contributed by atoms with van der Waals surface area (Å²) in [6.07, 6.45) is 0.945. The molecule has 0 aromatic heterocycles. The Kier molecular flexibility index (Phi) is 3.12. The summed E-state index contributed by atoms with van der Waals surface area (Å²) in [5.74, 6) is -0.147. The highest BCUT2D eigenvalue weighted by Gasteiger charge is 2.52. The molecule has 0 bridgehead atoms. The first-order valence-electron chi connectivity index (χ1n) is 6.24. The smallest absolute Gasteiger partial charge is 0.255 e. The third kappa shape index (κ3) is 2.08. The van der Waals surface area contributed by atoms with E-state index >= 15 is 0 Å². The molecular weight excluding hydrogens is 268 g/mol. The lowest BCUT2D eigenvalue weighted by atomic mass is 9.72. The molecule has 0 radical (unpaired) electrons.